The van der Waals surface area contributed by atoms with Gasteiger partial charge < -0.3 is 0 Å². The molecule has 124 valence electrons. The van der Waals surface area contributed by atoms with E-state index in [4.69, 9.17) is 0 Å². The van der Waals surface area contributed by atoms with Crippen LogP contribution in [-0.2, 0) is 13.1 Å². The van der Waals surface area contributed by atoms with Crippen molar-refractivity contribution in [2.75, 3.05) is 20.1 Å². The highest BCUT2D eigenvalue weighted by molar-refractivity contribution is 5.78. The number of likely N-dealkylation sites (N-methyl/N-ethyl adjacent to an activating group) is 1. The summed E-state index contributed by atoms with van der Waals surface area (Å²) in [5.74, 6) is 0.892. The van der Waals surface area contributed by atoms with Crippen molar-refractivity contribution in [1.29, 1.82) is 0 Å². The Morgan fingerprint density at radius 3 is 3.04 bits per heavy atom. The van der Waals surface area contributed by atoms with Gasteiger partial charge in [-0.05, 0) is 31.2 Å². The highest BCUT2D eigenvalue weighted by Crippen LogP contribution is 2.20. The lowest BCUT2D eigenvalue weighted by Gasteiger charge is -2.24. The molecule has 2 aromatic heterocycles. The molecular formula is C18H22N6. The molecule has 24 heavy (non-hydrogen) atoms. The molecule has 3 heterocycles. The fourth-order valence-electron chi connectivity index (χ4n) is 3.42. The van der Waals surface area contributed by atoms with Crippen LogP contribution < -0.4 is 0 Å². The van der Waals surface area contributed by atoms with Gasteiger partial charge in [-0.25, -0.2) is 9.97 Å². The predicted molar refractivity (Wildman–Crippen MR) is 93.3 cm³/mol. The summed E-state index contributed by atoms with van der Waals surface area (Å²) in [5.41, 5.74) is 2.45. The Morgan fingerprint density at radius 1 is 1.29 bits per heavy atom. The molecule has 1 fully saturated rings. The molecule has 1 aliphatic heterocycles. The molecule has 0 spiro atoms. The predicted octanol–water partition coefficient (Wildman–Crippen LogP) is 2.06. The number of benzene rings is 1. The molecule has 0 aliphatic carbocycles. The third-order valence-corrected chi connectivity index (χ3v) is 4.79. The maximum Gasteiger partial charge on any atom is 0.142 e. The molecule has 1 aromatic carbocycles. The molecule has 0 saturated carbocycles. The summed E-state index contributed by atoms with van der Waals surface area (Å²) in [6.45, 7) is 4.01. The zero-order valence-electron chi connectivity index (χ0n) is 13.9. The zero-order valence-corrected chi connectivity index (χ0v) is 13.9. The first-order chi connectivity index (χ1) is 11.8. The number of nitrogens with zero attached hydrogens (tertiary/aromatic N) is 5. The van der Waals surface area contributed by atoms with Gasteiger partial charge in [-0.15, -0.1) is 0 Å². The van der Waals surface area contributed by atoms with Gasteiger partial charge in [0.15, 0.2) is 0 Å². The van der Waals surface area contributed by atoms with Gasteiger partial charge in [-0.2, -0.15) is 5.10 Å². The summed E-state index contributed by atoms with van der Waals surface area (Å²) in [5, 5.41) is 8.31. The lowest BCUT2D eigenvalue weighted by Crippen LogP contribution is -2.34. The number of H-pyrrole nitrogens is 1. The van der Waals surface area contributed by atoms with E-state index in [1.54, 1.807) is 0 Å². The van der Waals surface area contributed by atoms with Crippen LogP contribution in [-0.4, -0.2) is 56.1 Å². The van der Waals surface area contributed by atoms with Gasteiger partial charge in [0.1, 0.15) is 5.82 Å². The second-order valence-electron chi connectivity index (χ2n) is 6.55. The quantitative estimate of drug-likeness (QED) is 0.779. The van der Waals surface area contributed by atoms with Crippen LogP contribution in [0.1, 0.15) is 17.8 Å². The van der Waals surface area contributed by atoms with E-state index in [2.05, 4.69) is 55.2 Å². The Kier molecular flexibility index (Phi) is 4.23. The van der Waals surface area contributed by atoms with Gasteiger partial charge in [-0.3, -0.25) is 14.9 Å². The molecule has 1 unspecified atom stereocenters. The number of likely N-dealkylation sites (tertiary alicyclic amines) is 1. The van der Waals surface area contributed by atoms with Crippen molar-refractivity contribution in [3.05, 3.63) is 54.2 Å². The molecule has 0 bridgehead atoms. The largest absolute Gasteiger partial charge is 0.297 e. The SMILES string of the molecule is CN(Cc1ncccn1)C1CCN(Cc2ccc3cn[nH]c3c2)C1. The van der Waals surface area contributed by atoms with Gasteiger partial charge >= 0.3 is 0 Å². The van der Waals surface area contributed by atoms with E-state index in [1.807, 2.05) is 24.7 Å². The van der Waals surface area contributed by atoms with Crippen LogP contribution in [0.4, 0.5) is 0 Å². The Hall–Kier alpha value is -2.31. The van der Waals surface area contributed by atoms with E-state index in [0.29, 0.717) is 6.04 Å². The Labute approximate surface area is 141 Å². The average molecular weight is 322 g/mol. The minimum Gasteiger partial charge on any atom is -0.297 e. The molecule has 6 nitrogen and oxygen atoms in total. The summed E-state index contributed by atoms with van der Waals surface area (Å²) in [4.78, 5) is 13.5. The third-order valence-electron chi connectivity index (χ3n) is 4.79. The molecule has 6 heteroatoms. The number of fused-ring (bicyclic) bond motifs is 1. The lowest BCUT2D eigenvalue weighted by atomic mass is 10.1. The number of hydrogen-bond donors (Lipinski definition) is 1. The minimum atomic E-state index is 0.560. The van der Waals surface area contributed by atoms with Gasteiger partial charge in [0.25, 0.3) is 0 Å². The van der Waals surface area contributed by atoms with Gasteiger partial charge in [0.2, 0.25) is 0 Å². The highest BCUT2D eigenvalue weighted by Gasteiger charge is 2.26. The average Bonchev–Trinajstić information content (AvgIpc) is 3.24. The molecule has 1 aliphatic rings. The van der Waals surface area contributed by atoms with E-state index < -0.39 is 0 Å². The second kappa shape index (κ2) is 6.67. The van der Waals surface area contributed by atoms with Crippen molar-refractivity contribution in [3.8, 4) is 0 Å². The van der Waals surface area contributed by atoms with Gasteiger partial charge in [0, 0.05) is 43.5 Å². The van der Waals surface area contributed by atoms with Crippen molar-refractivity contribution in [2.45, 2.75) is 25.6 Å². The standard InChI is InChI=1S/C18H22N6/c1-23(13-18-19-6-2-7-20-18)16-5-8-24(12-16)11-14-3-4-15-10-21-22-17(15)9-14/h2-4,6-7,9-10,16H,5,8,11-13H2,1H3,(H,21,22). The molecule has 0 radical (unpaired) electrons. The monoisotopic (exact) mass is 322 g/mol. The Balaban J connectivity index is 1.35. The van der Waals surface area contributed by atoms with Crippen molar-refractivity contribution in [1.82, 2.24) is 30.0 Å². The van der Waals surface area contributed by atoms with E-state index in [9.17, 15) is 0 Å². The van der Waals surface area contributed by atoms with Crippen molar-refractivity contribution in [3.63, 3.8) is 0 Å². The maximum absolute atomic E-state index is 4.32. The van der Waals surface area contributed by atoms with Crippen molar-refractivity contribution < 1.29 is 0 Å². The molecule has 0 amide bonds. The maximum atomic E-state index is 4.32. The van der Waals surface area contributed by atoms with E-state index in [1.165, 1.54) is 17.4 Å². The highest BCUT2D eigenvalue weighted by atomic mass is 15.2. The summed E-state index contributed by atoms with van der Waals surface area (Å²) in [7, 11) is 2.17. The van der Waals surface area contributed by atoms with Crippen LogP contribution in [0.3, 0.4) is 0 Å². The minimum absolute atomic E-state index is 0.560. The van der Waals surface area contributed by atoms with E-state index in [0.717, 1.165) is 37.5 Å². The normalized spacial score (nSPS) is 18.7. The van der Waals surface area contributed by atoms with Crippen LogP contribution in [0.15, 0.2) is 42.9 Å². The van der Waals surface area contributed by atoms with Gasteiger partial charge in [-0.1, -0.05) is 12.1 Å². The topological polar surface area (TPSA) is 60.9 Å². The smallest absolute Gasteiger partial charge is 0.142 e. The summed E-state index contributed by atoms with van der Waals surface area (Å²) >= 11 is 0. The first-order valence-electron chi connectivity index (χ1n) is 8.38. The first-order valence-corrected chi connectivity index (χ1v) is 8.38. The van der Waals surface area contributed by atoms with E-state index in [-0.39, 0.29) is 0 Å². The molecule has 1 atom stereocenters. The number of aromatic amines is 1. The Bertz CT molecular complexity index is 799. The molecule has 4 rings (SSSR count). The van der Waals surface area contributed by atoms with Crippen molar-refractivity contribution in [2.24, 2.45) is 0 Å². The molecule has 1 N–H and O–H groups in total. The van der Waals surface area contributed by atoms with Crippen LogP contribution in [0.2, 0.25) is 0 Å². The third kappa shape index (κ3) is 3.29. The first kappa shape index (κ1) is 15.2. The molecular weight excluding hydrogens is 300 g/mol. The Morgan fingerprint density at radius 2 is 2.17 bits per heavy atom. The summed E-state index contributed by atoms with van der Waals surface area (Å²) in [6, 6.07) is 8.96. The summed E-state index contributed by atoms with van der Waals surface area (Å²) in [6.07, 6.45) is 6.67. The number of aromatic nitrogens is 4. The second-order valence-corrected chi connectivity index (χ2v) is 6.55. The van der Waals surface area contributed by atoms with E-state index >= 15 is 0 Å². The van der Waals surface area contributed by atoms with Crippen LogP contribution in [0.25, 0.3) is 10.9 Å². The van der Waals surface area contributed by atoms with Crippen LogP contribution in [0, 0.1) is 0 Å². The fourth-order valence-corrected chi connectivity index (χ4v) is 3.42. The summed E-state index contributed by atoms with van der Waals surface area (Å²) < 4.78 is 0. The molecule has 3 aromatic rings. The van der Waals surface area contributed by atoms with Crippen LogP contribution in [0.5, 0.6) is 0 Å². The number of hydrogen-bond acceptors (Lipinski definition) is 5. The fraction of sp³-hybridized carbons (Fsp3) is 0.389. The number of nitrogens with one attached hydrogen (secondary N) is 1. The zero-order chi connectivity index (χ0) is 16.4. The van der Waals surface area contributed by atoms with Gasteiger partial charge in [0.05, 0.1) is 18.3 Å². The number of rotatable bonds is 5. The van der Waals surface area contributed by atoms with Crippen LogP contribution >= 0.6 is 0 Å². The van der Waals surface area contributed by atoms with Crippen molar-refractivity contribution >= 4 is 10.9 Å². The lowest BCUT2D eigenvalue weighted by molar-refractivity contribution is 0.218. The molecule has 1 saturated heterocycles.